The van der Waals surface area contributed by atoms with Crippen molar-refractivity contribution in [2.24, 2.45) is 5.92 Å². The third kappa shape index (κ3) is 5.34. The predicted octanol–water partition coefficient (Wildman–Crippen LogP) is 1.63. The maximum absolute atomic E-state index is 11.9. The number of ether oxygens (including phenoxy) is 1. The summed E-state index contributed by atoms with van der Waals surface area (Å²) in [4.78, 5) is 16.1. The number of amides is 1. The molecule has 2 N–H and O–H groups in total. The van der Waals surface area contributed by atoms with Gasteiger partial charge in [0.1, 0.15) is 12.4 Å². The fourth-order valence-electron chi connectivity index (χ4n) is 2.05. The molecule has 1 amide bonds. The number of carbonyl (C=O) groups is 1. The summed E-state index contributed by atoms with van der Waals surface area (Å²) in [6.07, 6.45) is -0.563. The normalized spacial score (nSPS) is 12.2. The lowest BCUT2D eigenvalue weighted by molar-refractivity contribution is -0.131. The minimum Gasteiger partial charge on any atom is -0.490 e. The summed E-state index contributed by atoms with van der Waals surface area (Å²) in [6, 6.07) is 7.41. The van der Waals surface area contributed by atoms with Gasteiger partial charge in [-0.05, 0) is 24.5 Å². The highest BCUT2D eigenvalue weighted by molar-refractivity contribution is 5.80. The molecule has 1 aromatic heterocycles. The molecule has 0 saturated heterocycles. The van der Waals surface area contributed by atoms with Crippen LogP contribution in [0.5, 0.6) is 5.75 Å². The smallest absolute Gasteiger partial charge is 0.252 e. The van der Waals surface area contributed by atoms with Gasteiger partial charge in [-0.15, -0.1) is 0 Å². The van der Waals surface area contributed by atoms with Crippen molar-refractivity contribution in [2.75, 3.05) is 6.61 Å². The van der Waals surface area contributed by atoms with Crippen LogP contribution in [0.25, 0.3) is 0 Å². The Hall–Kier alpha value is -2.41. The molecule has 24 heavy (non-hydrogen) atoms. The molecule has 0 saturated carbocycles. The Kier molecular flexibility index (Phi) is 6.31. The van der Waals surface area contributed by atoms with Crippen LogP contribution < -0.4 is 10.1 Å². The van der Waals surface area contributed by atoms with Crippen LogP contribution in [0, 0.1) is 12.8 Å². The molecule has 1 unspecified atom stereocenters. The fraction of sp³-hybridized carbons (Fsp3) is 0.471. The van der Waals surface area contributed by atoms with Gasteiger partial charge in [0.25, 0.3) is 5.91 Å². The van der Waals surface area contributed by atoms with Crippen LogP contribution in [0.1, 0.15) is 31.1 Å². The molecule has 2 rings (SSSR count). The van der Waals surface area contributed by atoms with E-state index in [0.29, 0.717) is 29.8 Å². The van der Waals surface area contributed by atoms with E-state index in [1.807, 2.05) is 25.1 Å². The van der Waals surface area contributed by atoms with Gasteiger partial charge in [-0.3, -0.25) is 4.79 Å². The first kappa shape index (κ1) is 17.9. The summed E-state index contributed by atoms with van der Waals surface area (Å²) in [5.74, 6) is 1.43. The summed E-state index contributed by atoms with van der Waals surface area (Å²) in [5.41, 5.74) is 0.939. The second kappa shape index (κ2) is 8.44. The summed E-state index contributed by atoms with van der Waals surface area (Å²) in [5, 5.41) is 16.3. The largest absolute Gasteiger partial charge is 0.490 e. The van der Waals surface area contributed by atoms with E-state index < -0.39 is 12.0 Å². The van der Waals surface area contributed by atoms with Crippen molar-refractivity contribution < 1.29 is 19.2 Å². The minimum atomic E-state index is -1.28. The number of aryl methyl sites for hydroxylation is 1. The van der Waals surface area contributed by atoms with E-state index in [4.69, 9.17) is 9.26 Å². The van der Waals surface area contributed by atoms with Gasteiger partial charge in [-0.25, -0.2) is 0 Å². The number of rotatable bonds is 8. The number of aromatic nitrogens is 2. The Labute approximate surface area is 141 Å². The van der Waals surface area contributed by atoms with Gasteiger partial charge in [0.05, 0.1) is 6.54 Å². The number of para-hydroxylation sites is 1. The Bertz CT molecular complexity index is 669. The van der Waals surface area contributed by atoms with Gasteiger partial charge in [0.2, 0.25) is 5.89 Å². The first-order valence-electron chi connectivity index (χ1n) is 7.91. The third-order valence-electron chi connectivity index (χ3n) is 3.31. The molecule has 0 radical (unpaired) electrons. The zero-order valence-corrected chi connectivity index (χ0v) is 14.2. The highest BCUT2D eigenvalue weighted by atomic mass is 16.5. The average molecular weight is 333 g/mol. The molecule has 0 aliphatic rings. The van der Waals surface area contributed by atoms with Crippen molar-refractivity contribution in [1.29, 1.82) is 0 Å². The van der Waals surface area contributed by atoms with Crippen molar-refractivity contribution in [1.82, 2.24) is 15.5 Å². The second-order valence-corrected chi connectivity index (χ2v) is 6.01. The van der Waals surface area contributed by atoms with E-state index in [-0.39, 0.29) is 13.2 Å². The standard InChI is InChI=1S/C17H23N3O4/c1-11(2)8-15-19-16(24-20-15)9-18-17(22)13(21)10-23-14-7-5-4-6-12(14)3/h4-7,11,13,21H,8-10H2,1-3H3,(H,18,22). The first-order chi connectivity index (χ1) is 11.5. The first-order valence-corrected chi connectivity index (χ1v) is 7.91. The molecule has 1 aromatic carbocycles. The quantitative estimate of drug-likeness (QED) is 0.762. The van der Waals surface area contributed by atoms with Crippen LogP contribution in [0.3, 0.4) is 0 Å². The highest BCUT2D eigenvalue weighted by Gasteiger charge is 2.17. The zero-order valence-electron chi connectivity index (χ0n) is 14.2. The molecular formula is C17H23N3O4. The van der Waals surface area contributed by atoms with Crippen LogP contribution in [0.15, 0.2) is 28.8 Å². The van der Waals surface area contributed by atoms with Crippen molar-refractivity contribution >= 4 is 5.91 Å². The number of aliphatic hydroxyl groups is 1. The minimum absolute atomic E-state index is 0.0748. The Balaban J connectivity index is 1.77. The SMILES string of the molecule is Cc1ccccc1OCC(O)C(=O)NCc1nc(CC(C)C)no1. The van der Waals surface area contributed by atoms with Gasteiger partial charge in [-0.2, -0.15) is 4.98 Å². The van der Waals surface area contributed by atoms with Gasteiger partial charge < -0.3 is 19.7 Å². The topological polar surface area (TPSA) is 97.5 Å². The van der Waals surface area contributed by atoms with Gasteiger partial charge in [0, 0.05) is 6.42 Å². The van der Waals surface area contributed by atoms with Gasteiger partial charge in [0.15, 0.2) is 11.9 Å². The van der Waals surface area contributed by atoms with Crippen LogP contribution in [-0.2, 0) is 17.8 Å². The van der Waals surface area contributed by atoms with E-state index in [2.05, 4.69) is 29.3 Å². The Morgan fingerprint density at radius 1 is 1.38 bits per heavy atom. The van der Waals surface area contributed by atoms with E-state index in [1.54, 1.807) is 6.07 Å². The van der Waals surface area contributed by atoms with Gasteiger partial charge in [-0.1, -0.05) is 37.2 Å². The molecule has 1 heterocycles. The molecule has 2 aromatic rings. The van der Waals surface area contributed by atoms with Crippen molar-refractivity contribution in [3.63, 3.8) is 0 Å². The number of nitrogens with zero attached hydrogens (tertiary/aromatic N) is 2. The Morgan fingerprint density at radius 2 is 2.12 bits per heavy atom. The molecule has 0 aliphatic carbocycles. The summed E-state index contributed by atoms with van der Waals surface area (Å²) >= 11 is 0. The maximum Gasteiger partial charge on any atom is 0.252 e. The second-order valence-electron chi connectivity index (χ2n) is 6.01. The number of nitrogens with one attached hydrogen (secondary N) is 1. The average Bonchev–Trinajstić information content (AvgIpc) is 2.98. The molecule has 1 atom stereocenters. The molecular weight excluding hydrogens is 310 g/mol. The molecule has 7 nitrogen and oxygen atoms in total. The van der Waals surface area contributed by atoms with E-state index in [9.17, 15) is 9.90 Å². The summed E-state index contributed by atoms with van der Waals surface area (Å²) in [7, 11) is 0. The molecule has 0 bridgehead atoms. The molecule has 130 valence electrons. The van der Waals surface area contributed by atoms with Crippen molar-refractivity contribution in [3.05, 3.63) is 41.5 Å². The third-order valence-corrected chi connectivity index (χ3v) is 3.31. The van der Waals surface area contributed by atoms with E-state index in [0.717, 1.165) is 5.56 Å². The lowest BCUT2D eigenvalue weighted by Gasteiger charge is -2.13. The van der Waals surface area contributed by atoms with Crippen LogP contribution in [-0.4, -0.2) is 33.9 Å². The number of carbonyl (C=O) groups excluding carboxylic acids is 1. The highest BCUT2D eigenvalue weighted by Crippen LogP contribution is 2.16. The zero-order chi connectivity index (χ0) is 17.5. The number of hydrogen-bond donors (Lipinski definition) is 2. The van der Waals surface area contributed by atoms with Crippen molar-refractivity contribution in [3.8, 4) is 5.75 Å². The van der Waals surface area contributed by atoms with Crippen LogP contribution >= 0.6 is 0 Å². The van der Waals surface area contributed by atoms with Gasteiger partial charge >= 0.3 is 0 Å². The lowest BCUT2D eigenvalue weighted by atomic mass is 10.1. The maximum atomic E-state index is 11.9. The van der Waals surface area contributed by atoms with E-state index in [1.165, 1.54) is 0 Å². The number of hydrogen-bond acceptors (Lipinski definition) is 6. The monoisotopic (exact) mass is 333 g/mol. The molecule has 0 fully saturated rings. The lowest BCUT2D eigenvalue weighted by Crippen LogP contribution is -2.38. The number of aliphatic hydroxyl groups excluding tert-OH is 1. The molecule has 7 heteroatoms. The fourth-order valence-corrected chi connectivity index (χ4v) is 2.05. The number of benzene rings is 1. The van der Waals surface area contributed by atoms with Crippen LogP contribution in [0.4, 0.5) is 0 Å². The summed E-state index contributed by atoms with van der Waals surface area (Å²) < 4.78 is 10.5. The molecule has 0 aliphatic heterocycles. The summed E-state index contributed by atoms with van der Waals surface area (Å²) in [6.45, 7) is 5.96. The Morgan fingerprint density at radius 3 is 2.83 bits per heavy atom. The van der Waals surface area contributed by atoms with Crippen molar-refractivity contribution in [2.45, 2.75) is 39.8 Å². The molecule has 0 spiro atoms. The van der Waals surface area contributed by atoms with E-state index >= 15 is 0 Å². The van der Waals surface area contributed by atoms with Crippen LogP contribution in [0.2, 0.25) is 0 Å². The predicted molar refractivity (Wildman–Crippen MR) is 87.4 cm³/mol.